The molecule has 6 nitrogen and oxygen atoms in total. The summed E-state index contributed by atoms with van der Waals surface area (Å²) in [6, 6.07) is 3.47. The highest BCUT2D eigenvalue weighted by molar-refractivity contribution is 5.66. The van der Waals surface area contributed by atoms with Crippen molar-refractivity contribution in [2.45, 2.75) is 19.8 Å². The van der Waals surface area contributed by atoms with Crippen LogP contribution in [-0.4, -0.2) is 21.2 Å². The third-order valence-electron chi connectivity index (χ3n) is 2.26. The largest absolute Gasteiger partial charge is 0.481 e. The maximum absolute atomic E-state index is 10.5. The highest BCUT2D eigenvalue weighted by atomic mass is 16.5. The lowest BCUT2D eigenvalue weighted by Crippen LogP contribution is -2.07. The number of hydrogen-bond acceptors (Lipinski definition) is 5. The van der Waals surface area contributed by atoms with E-state index in [2.05, 4.69) is 10.1 Å². The van der Waals surface area contributed by atoms with Gasteiger partial charge in [0.05, 0.1) is 6.26 Å². The molecule has 1 atom stereocenters. The van der Waals surface area contributed by atoms with Gasteiger partial charge in [-0.05, 0) is 18.1 Å². The number of nitrogens with zero attached hydrogens (tertiary/aromatic N) is 2. The summed E-state index contributed by atoms with van der Waals surface area (Å²) in [4.78, 5) is 14.6. The Hall–Kier alpha value is -2.11. The first-order valence-electron chi connectivity index (χ1n) is 5.23. The Labute approximate surface area is 97.2 Å². The number of rotatable bonds is 5. The van der Waals surface area contributed by atoms with E-state index in [-0.39, 0.29) is 12.3 Å². The predicted molar refractivity (Wildman–Crippen MR) is 57.1 cm³/mol. The zero-order valence-corrected chi connectivity index (χ0v) is 9.29. The number of carbonyl (C=O) groups is 1. The molecule has 2 rings (SSSR count). The molecule has 90 valence electrons. The lowest BCUT2D eigenvalue weighted by atomic mass is 10.0. The maximum Gasteiger partial charge on any atom is 0.303 e. The molecule has 0 radical (unpaired) electrons. The van der Waals surface area contributed by atoms with Gasteiger partial charge in [0.25, 0.3) is 0 Å². The van der Waals surface area contributed by atoms with Crippen molar-refractivity contribution in [3.05, 3.63) is 24.3 Å². The Morgan fingerprint density at radius 1 is 1.59 bits per heavy atom. The number of aliphatic carboxylic acids is 1. The summed E-state index contributed by atoms with van der Waals surface area (Å²) in [5, 5.41) is 12.4. The molecular weight excluding hydrogens is 224 g/mol. The molecule has 0 bridgehead atoms. The van der Waals surface area contributed by atoms with Gasteiger partial charge in [0.15, 0.2) is 5.76 Å². The fourth-order valence-corrected chi connectivity index (χ4v) is 1.51. The van der Waals surface area contributed by atoms with Crippen LogP contribution >= 0.6 is 0 Å². The first kappa shape index (κ1) is 11.4. The monoisotopic (exact) mass is 236 g/mol. The Kier molecular flexibility index (Phi) is 3.22. The average Bonchev–Trinajstić information content (AvgIpc) is 2.84. The standard InChI is InChI=1S/C11H12N2O4/c1-7(6-10(14)15)5-9-12-11(13-17-9)8-3-2-4-16-8/h2-4,7H,5-6H2,1H3,(H,14,15). The van der Waals surface area contributed by atoms with E-state index in [0.717, 1.165) is 0 Å². The Balaban J connectivity index is 2.01. The van der Waals surface area contributed by atoms with Gasteiger partial charge in [-0.15, -0.1) is 0 Å². The van der Waals surface area contributed by atoms with Gasteiger partial charge in [-0.1, -0.05) is 12.1 Å². The van der Waals surface area contributed by atoms with Gasteiger partial charge in [0.2, 0.25) is 11.7 Å². The third-order valence-corrected chi connectivity index (χ3v) is 2.26. The summed E-state index contributed by atoms with van der Waals surface area (Å²) in [5.41, 5.74) is 0. The van der Waals surface area contributed by atoms with Gasteiger partial charge in [-0.2, -0.15) is 4.98 Å². The van der Waals surface area contributed by atoms with E-state index in [9.17, 15) is 4.79 Å². The SMILES string of the molecule is CC(CC(=O)O)Cc1nc(-c2ccco2)no1. The van der Waals surface area contributed by atoms with Gasteiger partial charge in [0, 0.05) is 12.8 Å². The first-order valence-corrected chi connectivity index (χ1v) is 5.23. The van der Waals surface area contributed by atoms with E-state index in [1.54, 1.807) is 12.1 Å². The molecule has 0 amide bonds. The first-order chi connectivity index (χ1) is 8.15. The molecule has 0 aliphatic rings. The highest BCUT2D eigenvalue weighted by Crippen LogP contribution is 2.17. The van der Waals surface area contributed by atoms with Crippen molar-refractivity contribution >= 4 is 5.97 Å². The summed E-state index contributed by atoms with van der Waals surface area (Å²) in [6.45, 7) is 1.82. The lowest BCUT2D eigenvalue weighted by molar-refractivity contribution is -0.137. The molecule has 0 saturated carbocycles. The topological polar surface area (TPSA) is 89.4 Å². The molecular formula is C11H12N2O4. The molecule has 0 fully saturated rings. The van der Waals surface area contributed by atoms with Crippen LogP contribution in [-0.2, 0) is 11.2 Å². The minimum Gasteiger partial charge on any atom is -0.481 e. The maximum atomic E-state index is 10.5. The van der Waals surface area contributed by atoms with Crippen LogP contribution in [0.2, 0.25) is 0 Å². The Morgan fingerprint density at radius 3 is 3.06 bits per heavy atom. The van der Waals surface area contributed by atoms with Crippen LogP contribution in [0, 0.1) is 5.92 Å². The van der Waals surface area contributed by atoms with E-state index in [4.69, 9.17) is 14.0 Å². The molecule has 1 N–H and O–H groups in total. The molecule has 0 spiro atoms. The van der Waals surface area contributed by atoms with Crippen LogP contribution < -0.4 is 0 Å². The van der Waals surface area contributed by atoms with E-state index in [1.165, 1.54) is 6.26 Å². The zero-order valence-electron chi connectivity index (χ0n) is 9.29. The highest BCUT2D eigenvalue weighted by Gasteiger charge is 2.15. The van der Waals surface area contributed by atoms with E-state index >= 15 is 0 Å². The van der Waals surface area contributed by atoms with Crippen LogP contribution in [0.5, 0.6) is 0 Å². The van der Waals surface area contributed by atoms with Crippen molar-refractivity contribution in [2.75, 3.05) is 0 Å². The molecule has 0 aliphatic carbocycles. The summed E-state index contributed by atoms with van der Waals surface area (Å²) >= 11 is 0. The molecule has 0 aliphatic heterocycles. The number of aromatic nitrogens is 2. The van der Waals surface area contributed by atoms with Crippen molar-refractivity contribution in [3.8, 4) is 11.6 Å². The number of carboxylic acid groups (broad SMARTS) is 1. The summed E-state index contributed by atoms with van der Waals surface area (Å²) in [7, 11) is 0. The molecule has 2 aromatic rings. The van der Waals surface area contributed by atoms with E-state index < -0.39 is 5.97 Å². The van der Waals surface area contributed by atoms with Gasteiger partial charge >= 0.3 is 5.97 Å². The lowest BCUT2D eigenvalue weighted by Gasteiger charge is -2.02. The van der Waals surface area contributed by atoms with Gasteiger partial charge in [-0.3, -0.25) is 4.79 Å². The minimum absolute atomic E-state index is 0.0441. The Bertz CT molecular complexity index is 489. The van der Waals surface area contributed by atoms with Gasteiger partial charge in [0.1, 0.15) is 0 Å². The summed E-state index contributed by atoms with van der Waals surface area (Å²) in [6.07, 6.45) is 2.05. The Morgan fingerprint density at radius 2 is 2.41 bits per heavy atom. The normalized spacial score (nSPS) is 12.5. The molecule has 1 unspecified atom stereocenters. The third kappa shape index (κ3) is 2.93. The second-order valence-electron chi connectivity index (χ2n) is 3.90. The summed E-state index contributed by atoms with van der Waals surface area (Å²) < 4.78 is 10.1. The van der Waals surface area contributed by atoms with Crippen molar-refractivity contribution in [3.63, 3.8) is 0 Å². The quantitative estimate of drug-likeness (QED) is 0.853. The molecule has 2 aromatic heterocycles. The molecule has 0 aromatic carbocycles. The van der Waals surface area contributed by atoms with Crippen molar-refractivity contribution in [2.24, 2.45) is 5.92 Å². The van der Waals surface area contributed by atoms with Crippen molar-refractivity contribution < 1.29 is 18.8 Å². The van der Waals surface area contributed by atoms with Crippen molar-refractivity contribution in [1.29, 1.82) is 0 Å². The van der Waals surface area contributed by atoms with Crippen LogP contribution in [0.3, 0.4) is 0 Å². The number of carboxylic acids is 1. The molecule has 0 saturated heterocycles. The molecule has 6 heteroatoms. The second-order valence-corrected chi connectivity index (χ2v) is 3.90. The van der Waals surface area contributed by atoms with Crippen LogP contribution in [0.15, 0.2) is 27.3 Å². The number of furan rings is 1. The molecule has 17 heavy (non-hydrogen) atoms. The average molecular weight is 236 g/mol. The number of hydrogen-bond donors (Lipinski definition) is 1. The van der Waals surface area contributed by atoms with E-state index in [0.29, 0.717) is 23.9 Å². The van der Waals surface area contributed by atoms with Crippen LogP contribution in [0.1, 0.15) is 19.2 Å². The molecule has 2 heterocycles. The fraction of sp³-hybridized carbons (Fsp3) is 0.364. The zero-order chi connectivity index (χ0) is 12.3. The predicted octanol–water partition coefficient (Wildman–Crippen LogP) is 1.98. The van der Waals surface area contributed by atoms with Crippen molar-refractivity contribution in [1.82, 2.24) is 10.1 Å². The van der Waals surface area contributed by atoms with Gasteiger partial charge in [-0.25, -0.2) is 0 Å². The fourth-order valence-electron chi connectivity index (χ4n) is 1.51. The smallest absolute Gasteiger partial charge is 0.303 e. The second kappa shape index (κ2) is 4.82. The van der Waals surface area contributed by atoms with Crippen LogP contribution in [0.25, 0.3) is 11.6 Å². The van der Waals surface area contributed by atoms with Crippen LogP contribution in [0.4, 0.5) is 0 Å². The van der Waals surface area contributed by atoms with Gasteiger partial charge < -0.3 is 14.0 Å². The minimum atomic E-state index is -0.830. The van der Waals surface area contributed by atoms with E-state index in [1.807, 2.05) is 6.92 Å². The summed E-state index contributed by atoms with van der Waals surface area (Å²) in [5.74, 6) is 0.462.